The van der Waals surface area contributed by atoms with Crippen LogP contribution in [0, 0.1) is 5.82 Å². The van der Waals surface area contributed by atoms with E-state index < -0.39 is 0 Å². The fourth-order valence-corrected chi connectivity index (χ4v) is 2.81. The van der Waals surface area contributed by atoms with E-state index in [1.165, 1.54) is 6.07 Å². The second-order valence-corrected chi connectivity index (χ2v) is 6.38. The highest BCUT2D eigenvalue weighted by Gasteiger charge is 2.08. The smallest absolute Gasteiger partial charge is 0.251 e. The lowest BCUT2D eigenvalue weighted by Gasteiger charge is -2.09. The minimum Gasteiger partial charge on any atom is -0.366 e. The number of aromatic nitrogens is 1. The van der Waals surface area contributed by atoms with Gasteiger partial charge < -0.3 is 10.6 Å². The van der Waals surface area contributed by atoms with Crippen LogP contribution in [0.5, 0.6) is 0 Å². The van der Waals surface area contributed by atoms with E-state index in [1.807, 2.05) is 24.3 Å². The number of anilines is 1. The van der Waals surface area contributed by atoms with E-state index in [-0.39, 0.29) is 11.7 Å². The molecule has 3 rings (SSSR count). The SMILES string of the molecule is O=C(NCCc1ccccc1F)c1ccnc(NCc2ccccc2Cl)c1. The summed E-state index contributed by atoms with van der Waals surface area (Å²) in [4.78, 5) is 16.5. The lowest BCUT2D eigenvalue weighted by molar-refractivity contribution is 0.0954. The zero-order valence-electron chi connectivity index (χ0n) is 14.6. The lowest BCUT2D eigenvalue weighted by Crippen LogP contribution is -2.26. The maximum atomic E-state index is 13.6. The van der Waals surface area contributed by atoms with Gasteiger partial charge in [0.1, 0.15) is 11.6 Å². The first-order valence-electron chi connectivity index (χ1n) is 8.58. The van der Waals surface area contributed by atoms with Gasteiger partial charge in [0.25, 0.3) is 5.91 Å². The number of hydrogen-bond donors (Lipinski definition) is 2. The minimum absolute atomic E-state index is 0.227. The molecule has 1 aromatic heterocycles. The third-order valence-electron chi connectivity index (χ3n) is 4.08. The zero-order valence-corrected chi connectivity index (χ0v) is 15.3. The molecule has 0 aliphatic heterocycles. The molecule has 3 aromatic rings. The van der Waals surface area contributed by atoms with Crippen LogP contribution in [0.1, 0.15) is 21.5 Å². The van der Waals surface area contributed by atoms with E-state index in [2.05, 4.69) is 15.6 Å². The molecule has 27 heavy (non-hydrogen) atoms. The Morgan fingerprint density at radius 1 is 1.04 bits per heavy atom. The van der Waals surface area contributed by atoms with Crippen molar-refractivity contribution in [2.24, 2.45) is 0 Å². The molecule has 6 heteroatoms. The number of carbonyl (C=O) groups is 1. The molecule has 1 amide bonds. The number of nitrogens with zero attached hydrogens (tertiary/aromatic N) is 1. The van der Waals surface area contributed by atoms with Crippen molar-refractivity contribution in [1.82, 2.24) is 10.3 Å². The first kappa shape index (κ1) is 18.9. The van der Waals surface area contributed by atoms with Crippen LogP contribution >= 0.6 is 11.6 Å². The van der Waals surface area contributed by atoms with Crippen molar-refractivity contribution in [2.75, 3.05) is 11.9 Å². The summed E-state index contributed by atoms with van der Waals surface area (Å²) in [7, 11) is 0. The van der Waals surface area contributed by atoms with Crippen molar-refractivity contribution in [3.8, 4) is 0 Å². The Morgan fingerprint density at radius 2 is 1.78 bits per heavy atom. The molecule has 0 saturated heterocycles. The van der Waals surface area contributed by atoms with Gasteiger partial charge in [-0.1, -0.05) is 48.0 Å². The van der Waals surface area contributed by atoms with Crippen LogP contribution in [0.25, 0.3) is 0 Å². The standard InChI is InChI=1S/C21H19ClFN3O/c22-18-7-3-1-6-17(18)14-26-20-13-16(10-11-24-20)21(27)25-12-9-15-5-2-4-8-19(15)23/h1-8,10-11,13H,9,12,14H2,(H,24,26)(H,25,27). The number of rotatable bonds is 7. The molecule has 2 aromatic carbocycles. The Kier molecular flexibility index (Phi) is 6.39. The Morgan fingerprint density at radius 3 is 2.56 bits per heavy atom. The predicted octanol–water partition coefficient (Wildman–Crippen LogP) is 4.46. The summed E-state index contributed by atoms with van der Waals surface area (Å²) in [6.07, 6.45) is 2.00. The molecule has 1 heterocycles. The number of carbonyl (C=O) groups excluding carboxylic acids is 1. The molecule has 0 unspecified atom stereocenters. The van der Waals surface area contributed by atoms with E-state index in [0.29, 0.717) is 41.5 Å². The summed E-state index contributed by atoms with van der Waals surface area (Å²) in [6.45, 7) is 0.857. The van der Waals surface area contributed by atoms with E-state index in [9.17, 15) is 9.18 Å². The molecule has 0 fully saturated rings. The van der Waals surface area contributed by atoms with Crippen molar-refractivity contribution in [3.05, 3.63) is 94.4 Å². The van der Waals surface area contributed by atoms with Crippen LogP contribution in [-0.4, -0.2) is 17.4 Å². The monoisotopic (exact) mass is 383 g/mol. The maximum absolute atomic E-state index is 13.6. The maximum Gasteiger partial charge on any atom is 0.251 e. The zero-order chi connectivity index (χ0) is 19.1. The van der Waals surface area contributed by atoms with Crippen molar-refractivity contribution >= 4 is 23.3 Å². The summed E-state index contributed by atoms with van der Waals surface area (Å²) < 4.78 is 13.6. The van der Waals surface area contributed by atoms with E-state index in [4.69, 9.17) is 11.6 Å². The second kappa shape index (κ2) is 9.14. The van der Waals surface area contributed by atoms with E-state index in [1.54, 1.807) is 36.5 Å². The van der Waals surface area contributed by atoms with Crippen LogP contribution in [0.4, 0.5) is 10.2 Å². The number of benzene rings is 2. The number of pyridine rings is 1. The molecule has 138 valence electrons. The highest BCUT2D eigenvalue weighted by molar-refractivity contribution is 6.31. The number of nitrogens with one attached hydrogen (secondary N) is 2. The fourth-order valence-electron chi connectivity index (χ4n) is 2.61. The third-order valence-corrected chi connectivity index (χ3v) is 4.45. The summed E-state index contributed by atoms with van der Waals surface area (Å²) in [6, 6.07) is 17.4. The Labute approximate surface area is 162 Å². The van der Waals surface area contributed by atoms with Crippen molar-refractivity contribution in [1.29, 1.82) is 0 Å². The Balaban J connectivity index is 1.55. The average Bonchev–Trinajstić information content (AvgIpc) is 2.69. The topological polar surface area (TPSA) is 54.0 Å². The van der Waals surface area contributed by atoms with E-state index >= 15 is 0 Å². The summed E-state index contributed by atoms with van der Waals surface area (Å²) in [5, 5.41) is 6.64. The van der Waals surface area contributed by atoms with Gasteiger partial charge in [-0.3, -0.25) is 4.79 Å². The van der Waals surface area contributed by atoms with Gasteiger partial charge in [-0.05, 0) is 41.8 Å². The summed E-state index contributed by atoms with van der Waals surface area (Å²) >= 11 is 6.14. The average molecular weight is 384 g/mol. The highest BCUT2D eigenvalue weighted by Crippen LogP contribution is 2.16. The number of amides is 1. The lowest BCUT2D eigenvalue weighted by atomic mass is 10.1. The van der Waals surface area contributed by atoms with Crippen LogP contribution in [0.3, 0.4) is 0 Å². The van der Waals surface area contributed by atoms with Crippen molar-refractivity contribution in [2.45, 2.75) is 13.0 Å². The second-order valence-electron chi connectivity index (χ2n) is 5.97. The normalized spacial score (nSPS) is 10.4. The molecule has 0 atom stereocenters. The fraction of sp³-hybridized carbons (Fsp3) is 0.143. The van der Waals surface area contributed by atoms with Crippen molar-refractivity contribution < 1.29 is 9.18 Å². The van der Waals surface area contributed by atoms with Crippen LogP contribution in [0.15, 0.2) is 66.9 Å². The van der Waals surface area contributed by atoms with Gasteiger partial charge in [0.05, 0.1) is 0 Å². The van der Waals surface area contributed by atoms with Gasteiger partial charge in [-0.2, -0.15) is 0 Å². The molecule has 2 N–H and O–H groups in total. The van der Waals surface area contributed by atoms with Gasteiger partial charge in [-0.25, -0.2) is 9.37 Å². The summed E-state index contributed by atoms with van der Waals surface area (Å²) in [5.74, 6) is 0.0907. The van der Waals surface area contributed by atoms with E-state index in [0.717, 1.165) is 5.56 Å². The molecule has 0 bridgehead atoms. The van der Waals surface area contributed by atoms with Crippen molar-refractivity contribution in [3.63, 3.8) is 0 Å². The largest absolute Gasteiger partial charge is 0.366 e. The summed E-state index contributed by atoms with van der Waals surface area (Å²) in [5.41, 5.74) is 2.01. The molecular formula is C21H19ClFN3O. The van der Waals surface area contributed by atoms with Gasteiger partial charge in [0, 0.05) is 29.9 Å². The molecule has 4 nitrogen and oxygen atoms in total. The van der Waals surface area contributed by atoms with Crippen LogP contribution in [-0.2, 0) is 13.0 Å². The molecule has 0 aliphatic carbocycles. The highest BCUT2D eigenvalue weighted by atomic mass is 35.5. The minimum atomic E-state index is -0.262. The van der Waals surface area contributed by atoms with Gasteiger partial charge in [-0.15, -0.1) is 0 Å². The van der Waals surface area contributed by atoms with Crippen LogP contribution in [0.2, 0.25) is 5.02 Å². The molecule has 0 radical (unpaired) electrons. The first-order chi connectivity index (χ1) is 13.1. The molecule has 0 saturated carbocycles. The molecule has 0 spiro atoms. The Bertz CT molecular complexity index is 933. The van der Waals surface area contributed by atoms with Crippen LogP contribution < -0.4 is 10.6 Å². The third kappa shape index (κ3) is 5.28. The first-order valence-corrected chi connectivity index (χ1v) is 8.96. The quantitative estimate of drug-likeness (QED) is 0.633. The Hall–Kier alpha value is -2.92. The van der Waals surface area contributed by atoms with Gasteiger partial charge >= 0.3 is 0 Å². The molecular weight excluding hydrogens is 365 g/mol. The van der Waals surface area contributed by atoms with Gasteiger partial charge in [0.15, 0.2) is 0 Å². The molecule has 0 aliphatic rings. The number of hydrogen-bond acceptors (Lipinski definition) is 3. The predicted molar refractivity (Wildman–Crippen MR) is 105 cm³/mol. The van der Waals surface area contributed by atoms with Gasteiger partial charge in [0.2, 0.25) is 0 Å². The number of halogens is 2.